The first-order valence-corrected chi connectivity index (χ1v) is 8.10. The number of hydrogen-bond donors (Lipinski definition) is 1. The van der Waals surface area contributed by atoms with Gasteiger partial charge in [-0.25, -0.2) is 0 Å². The molecule has 0 bridgehead atoms. The quantitative estimate of drug-likeness (QED) is 0.882. The van der Waals surface area contributed by atoms with Gasteiger partial charge in [-0.1, -0.05) is 12.1 Å². The molecule has 5 heteroatoms. The second kappa shape index (κ2) is 7.93. The third-order valence-corrected chi connectivity index (χ3v) is 3.91. The van der Waals surface area contributed by atoms with Crippen molar-refractivity contribution in [1.29, 1.82) is 0 Å². The molecule has 0 radical (unpaired) electrons. The lowest BCUT2D eigenvalue weighted by molar-refractivity contribution is 0.296. The van der Waals surface area contributed by atoms with E-state index in [1.165, 1.54) is 0 Å². The van der Waals surface area contributed by atoms with E-state index in [-0.39, 0.29) is 0 Å². The van der Waals surface area contributed by atoms with Gasteiger partial charge in [0, 0.05) is 31.1 Å². The zero-order valence-corrected chi connectivity index (χ0v) is 14.1. The molecule has 0 unspecified atom stereocenters. The molecule has 0 amide bonds. The molecule has 128 valence electrons. The SMILES string of the molecule is COc1cc(CNCc2cccc3c2OCCCO3)cc(OC)c1. The molecule has 0 saturated heterocycles. The van der Waals surface area contributed by atoms with Crippen molar-refractivity contribution in [3.63, 3.8) is 0 Å². The summed E-state index contributed by atoms with van der Waals surface area (Å²) in [5.74, 6) is 3.26. The molecule has 0 saturated carbocycles. The topological polar surface area (TPSA) is 49.0 Å². The van der Waals surface area contributed by atoms with Crippen molar-refractivity contribution in [1.82, 2.24) is 5.32 Å². The summed E-state index contributed by atoms with van der Waals surface area (Å²) in [7, 11) is 3.31. The normalized spacial score (nSPS) is 13.2. The summed E-state index contributed by atoms with van der Waals surface area (Å²) in [4.78, 5) is 0. The van der Waals surface area contributed by atoms with Gasteiger partial charge in [0.2, 0.25) is 0 Å². The van der Waals surface area contributed by atoms with Crippen LogP contribution in [0.15, 0.2) is 36.4 Å². The van der Waals surface area contributed by atoms with Crippen molar-refractivity contribution in [2.45, 2.75) is 19.5 Å². The van der Waals surface area contributed by atoms with E-state index in [1.807, 2.05) is 30.3 Å². The van der Waals surface area contributed by atoms with E-state index in [4.69, 9.17) is 18.9 Å². The first kappa shape index (κ1) is 16.5. The van der Waals surface area contributed by atoms with E-state index >= 15 is 0 Å². The van der Waals surface area contributed by atoms with E-state index < -0.39 is 0 Å². The molecule has 3 rings (SSSR count). The first-order chi connectivity index (χ1) is 11.8. The summed E-state index contributed by atoms with van der Waals surface area (Å²) in [6, 6.07) is 11.9. The number of ether oxygens (including phenoxy) is 4. The van der Waals surface area contributed by atoms with Crippen LogP contribution in [-0.2, 0) is 13.1 Å². The number of methoxy groups -OCH3 is 2. The Morgan fingerprint density at radius 2 is 1.71 bits per heavy atom. The first-order valence-electron chi connectivity index (χ1n) is 8.10. The van der Waals surface area contributed by atoms with Crippen LogP contribution in [0.1, 0.15) is 17.5 Å². The monoisotopic (exact) mass is 329 g/mol. The molecule has 1 aliphatic rings. The predicted molar refractivity (Wildman–Crippen MR) is 92.1 cm³/mol. The maximum absolute atomic E-state index is 5.85. The van der Waals surface area contributed by atoms with Gasteiger partial charge in [-0.15, -0.1) is 0 Å². The van der Waals surface area contributed by atoms with Gasteiger partial charge >= 0.3 is 0 Å². The Morgan fingerprint density at radius 3 is 2.46 bits per heavy atom. The number of nitrogens with one attached hydrogen (secondary N) is 1. The third kappa shape index (κ3) is 3.92. The van der Waals surface area contributed by atoms with Crippen molar-refractivity contribution in [3.05, 3.63) is 47.5 Å². The summed E-state index contributed by atoms with van der Waals surface area (Å²) in [6.45, 7) is 2.80. The Labute approximate surface area is 142 Å². The summed E-state index contributed by atoms with van der Waals surface area (Å²) >= 11 is 0. The van der Waals surface area contributed by atoms with Crippen LogP contribution in [0.5, 0.6) is 23.0 Å². The van der Waals surface area contributed by atoms with Gasteiger partial charge in [0.25, 0.3) is 0 Å². The van der Waals surface area contributed by atoms with Gasteiger partial charge in [0.15, 0.2) is 11.5 Å². The lowest BCUT2D eigenvalue weighted by atomic mass is 10.1. The van der Waals surface area contributed by atoms with E-state index in [2.05, 4.69) is 11.4 Å². The fourth-order valence-corrected chi connectivity index (χ4v) is 2.70. The van der Waals surface area contributed by atoms with Crippen molar-refractivity contribution < 1.29 is 18.9 Å². The van der Waals surface area contributed by atoms with Gasteiger partial charge in [-0.2, -0.15) is 0 Å². The number of benzene rings is 2. The minimum Gasteiger partial charge on any atom is -0.497 e. The van der Waals surface area contributed by atoms with Gasteiger partial charge < -0.3 is 24.3 Å². The highest BCUT2D eigenvalue weighted by Gasteiger charge is 2.14. The van der Waals surface area contributed by atoms with E-state index in [1.54, 1.807) is 14.2 Å². The molecule has 0 aliphatic carbocycles. The van der Waals surface area contributed by atoms with Crippen LogP contribution in [0.4, 0.5) is 0 Å². The smallest absolute Gasteiger partial charge is 0.165 e. The minimum absolute atomic E-state index is 0.692. The fraction of sp³-hybridized carbons (Fsp3) is 0.368. The number of para-hydroxylation sites is 1. The fourth-order valence-electron chi connectivity index (χ4n) is 2.70. The second-order valence-corrected chi connectivity index (χ2v) is 5.62. The molecule has 0 atom stereocenters. The summed E-state index contributed by atoms with van der Waals surface area (Å²) in [5, 5.41) is 3.44. The Morgan fingerprint density at radius 1 is 0.958 bits per heavy atom. The van der Waals surface area contributed by atoms with Crippen LogP contribution in [0.25, 0.3) is 0 Å². The van der Waals surface area contributed by atoms with Crippen LogP contribution in [0, 0.1) is 0 Å². The van der Waals surface area contributed by atoms with Crippen LogP contribution >= 0.6 is 0 Å². The summed E-state index contributed by atoms with van der Waals surface area (Å²) in [6.07, 6.45) is 0.908. The molecule has 1 heterocycles. The molecule has 1 aliphatic heterocycles. The highest BCUT2D eigenvalue weighted by molar-refractivity contribution is 5.47. The van der Waals surface area contributed by atoms with Crippen LogP contribution in [-0.4, -0.2) is 27.4 Å². The van der Waals surface area contributed by atoms with Crippen molar-refractivity contribution in [2.24, 2.45) is 0 Å². The maximum atomic E-state index is 5.85. The maximum Gasteiger partial charge on any atom is 0.165 e. The van der Waals surface area contributed by atoms with Crippen LogP contribution in [0.2, 0.25) is 0 Å². The standard InChI is InChI=1S/C19H23NO4/c1-21-16-9-14(10-17(11-16)22-2)12-20-13-15-5-3-6-18-19(15)24-8-4-7-23-18/h3,5-6,9-11,20H,4,7-8,12-13H2,1-2H3. The average molecular weight is 329 g/mol. The zero-order chi connectivity index (χ0) is 16.8. The number of rotatable bonds is 6. The van der Waals surface area contributed by atoms with Crippen molar-refractivity contribution in [2.75, 3.05) is 27.4 Å². The van der Waals surface area contributed by atoms with E-state index in [0.29, 0.717) is 26.3 Å². The Kier molecular flexibility index (Phi) is 5.43. The average Bonchev–Trinajstić information content (AvgIpc) is 2.87. The second-order valence-electron chi connectivity index (χ2n) is 5.62. The van der Waals surface area contributed by atoms with Crippen LogP contribution in [0.3, 0.4) is 0 Å². The highest BCUT2D eigenvalue weighted by Crippen LogP contribution is 2.33. The Bertz CT molecular complexity index is 665. The molecule has 2 aromatic carbocycles. The minimum atomic E-state index is 0.692. The van der Waals surface area contributed by atoms with Gasteiger partial charge in [-0.05, 0) is 23.8 Å². The number of hydrogen-bond acceptors (Lipinski definition) is 5. The predicted octanol–water partition coefficient (Wildman–Crippen LogP) is 3.15. The largest absolute Gasteiger partial charge is 0.497 e. The molecule has 0 fully saturated rings. The van der Waals surface area contributed by atoms with Crippen molar-refractivity contribution in [3.8, 4) is 23.0 Å². The number of fused-ring (bicyclic) bond motifs is 1. The van der Waals surface area contributed by atoms with E-state index in [9.17, 15) is 0 Å². The third-order valence-electron chi connectivity index (χ3n) is 3.91. The summed E-state index contributed by atoms with van der Waals surface area (Å²) < 4.78 is 22.2. The lowest BCUT2D eigenvalue weighted by Crippen LogP contribution is -2.14. The molecular weight excluding hydrogens is 306 g/mol. The molecule has 2 aromatic rings. The van der Waals surface area contributed by atoms with Gasteiger partial charge in [-0.3, -0.25) is 0 Å². The molecule has 5 nitrogen and oxygen atoms in total. The Hall–Kier alpha value is -2.40. The molecule has 0 aromatic heterocycles. The highest BCUT2D eigenvalue weighted by atomic mass is 16.5. The summed E-state index contributed by atoms with van der Waals surface area (Å²) in [5.41, 5.74) is 2.20. The molecule has 1 N–H and O–H groups in total. The van der Waals surface area contributed by atoms with E-state index in [0.717, 1.165) is 40.5 Å². The lowest BCUT2D eigenvalue weighted by Gasteiger charge is -2.13. The molecule has 0 spiro atoms. The van der Waals surface area contributed by atoms with Gasteiger partial charge in [0.1, 0.15) is 11.5 Å². The van der Waals surface area contributed by atoms with Gasteiger partial charge in [0.05, 0.1) is 27.4 Å². The zero-order valence-electron chi connectivity index (χ0n) is 14.1. The Balaban J connectivity index is 1.67. The molecular formula is C19H23NO4. The van der Waals surface area contributed by atoms with Crippen molar-refractivity contribution >= 4 is 0 Å². The molecule has 24 heavy (non-hydrogen) atoms. The van der Waals surface area contributed by atoms with Crippen LogP contribution < -0.4 is 24.3 Å².